The van der Waals surface area contributed by atoms with E-state index in [4.69, 9.17) is 0 Å². The molecule has 0 radical (unpaired) electrons. The molecule has 162 valence electrons. The van der Waals surface area contributed by atoms with Gasteiger partial charge in [-0.05, 0) is 52.9 Å². The van der Waals surface area contributed by atoms with E-state index in [1.54, 1.807) is 49.8 Å². The number of halogens is 1. The van der Waals surface area contributed by atoms with E-state index < -0.39 is 11.7 Å². The largest absolute Gasteiger partial charge is 0.321 e. The molecule has 0 bridgehead atoms. The summed E-state index contributed by atoms with van der Waals surface area (Å²) in [7, 11) is 1.60. The lowest BCUT2D eigenvalue weighted by atomic mass is 10.1. The van der Waals surface area contributed by atoms with E-state index in [2.05, 4.69) is 35.9 Å². The molecule has 1 amide bonds. The van der Waals surface area contributed by atoms with Crippen molar-refractivity contribution in [2.45, 2.75) is 0 Å². The maximum Gasteiger partial charge on any atom is 0.263 e. The molecule has 5 aromatic rings. The molecule has 0 aliphatic carbocycles. The highest BCUT2D eigenvalue weighted by molar-refractivity contribution is 6.08. The zero-order chi connectivity index (χ0) is 22.9. The van der Waals surface area contributed by atoms with Crippen molar-refractivity contribution in [2.75, 3.05) is 5.32 Å². The fourth-order valence-electron chi connectivity index (χ4n) is 3.48. The topological polar surface area (TPSA) is 131 Å². The SMILES string of the molecule is Cn1c(-c2cccnc2)nc2cccc(NC(=O)c3ccc(-c4nnn[nH]4)c(F)c3)c2c1=O. The molecular formula is C22H15FN8O2. The van der Waals surface area contributed by atoms with E-state index in [0.717, 1.165) is 6.07 Å². The van der Waals surface area contributed by atoms with Crippen molar-refractivity contribution in [1.29, 1.82) is 0 Å². The second-order valence-corrected chi connectivity index (χ2v) is 7.14. The summed E-state index contributed by atoms with van der Waals surface area (Å²) >= 11 is 0. The molecule has 0 aliphatic rings. The molecule has 5 rings (SSSR count). The maximum absolute atomic E-state index is 14.5. The van der Waals surface area contributed by atoms with E-state index in [1.807, 2.05) is 0 Å². The molecule has 10 nitrogen and oxygen atoms in total. The molecule has 0 saturated carbocycles. The fourth-order valence-corrected chi connectivity index (χ4v) is 3.48. The average Bonchev–Trinajstić information content (AvgIpc) is 3.36. The van der Waals surface area contributed by atoms with E-state index in [0.29, 0.717) is 16.9 Å². The van der Waals surface area contributed by atoms with Gasteiger partial charge in [0.2, 0.25) is 0 Å². The van der Waals surface area contributed by atoms with Gasteiger partial charge in [0, 0.05) is 30.6 Å². The van der Waals surface area contributed by atoms with Crippen LogP contribution in [0.15, 0.2) is 65.7 Å². The smallest absolute Gasteiger partial charge is 0.263 e. The first kappa shape index (κ1) is 20.1. The van der Waals surface area contributed by atoms with Crippen LogP contribution in [0.25, 0.3) is 33.7 Å². The van der Waals surface area contributed by atoms with E-state index in [1.165, 1.54) is 16.7 Å². The van der Waals surface area contributed by atoms with Crippen LogP contribution in [-0.4, -0.2) is 41.1 Å². The highest BCUT2D eigenvalue weighted by Gasteiger charge is 2.17. The highest BCUT2D eigenvalue weighted by atomic mass is 19.1. The number of rotatable bonds is 4. The number of aromatic nitrogens is 7. The minimum Gasteiger partial charge on any atom is -0.321 e. The van der Waals surface area contributed by atoms with Crippen LogP contribution in [-0.2, 0) is 7.05 Å². The number of carbonyl (C=O) groups is 1. The number of hydrogen-bond donors (Lipinski definition) is 2. The Labute approximate surface area is 185 Å². The van der Waals surface area contributed by atoms with Crippen molar-refractivity contribution >= 4 is 22.5 Å². The zero-order valence-electron chi connectivity index (χ0n) is 17.2. The van der Waals surface area contributed by atoms with Crippen molar-refractivity contribution in [3.63, 3.8) is 0 Å². The molecule has 0 spiro atoms. The van der Waals surface area contributed by atoms with Crippen LogP contribution in [0.1, 0.15) is 10.4 Å². The lowest BCUT2D eigenvalue weighted by molar-refractivity contribution is 0.102. The Morgan fingerprint density at radius 2 is 2.03 bits per heavy atom. The van der Waals surface area contributed by atoms with Gasteiger partial charge in [-0.25, -0.2) is 14.5 Å². The van der Waals surface area contributed by atoms with Crippen LogP contribution in [0.2, 0.25) is 0 Å². The van der Waals surface area contributed by atoms with E-state index in [9.17, 15) is 14.0 Å². The Morgan fingerprint density at radius 1 is 1.15 bits per heavy atom. The summed E-state index contributed by atoms with van der Waals surface area (Å²) in [5.41, 5.74) is 1.22. The molecule has 11 heteroatoms. The van der Waals surface area contributed by atoms with Gasteiger partial charge in [-0.2, -0.15) is 0 Å². The molecule has 2 aromatic carbocycles. The number of nitrogens with one attached hydrogen (secondary N) is 2. The zero-order valence-corrected chi connectivity index (χ0v) is 17.2. The van der Waals surface area contributed by atoms with Gasteiger partial charge in [-0.1, -0.05) is 6.07 Å². The first-order chi connectivity index (χ1) is 16.0. The van der Waals surface area contributed by atoms with Gasteiger partial charge in [-0.15, -0.1) is 5.10 Å². The van der Waals surface area contributed by atoms with Gasteiger partial charge in [-0.3, -0.25) is 19.1 Å². The molecule has 0 atom stereocenters. The molecule has 0 saturated heterocycles. The number of tetrazole rings is 1. The van der Waals surface area contributed by atoms with E-state index >= 15 is 0 Å². The standard InChI is InChI=1S/C22H15FN8O2/c1-31-20(13-4-3-9-24-11-13)25-16-5-2-6-17(18(16)22(31)33)26-21(32)12-7-8-14(15(23)10-12)19-27-29-30-28-19/h2-11H,1H3,(H,26,32)(H,27,28,29,30). The molecule has 3 aromatic heterocycles. The number of benzene rings is 2. The maximum atomic E-state index is 14.5. The van der Waals surface area contributed by atoms with Gasteiger partial charge in [0.25, 0.3) is 11.5 Å². The third-order valence-electron chi connectivity index (χ3n) is 5.10. The van der Waals surface area contributed by atoms with E-state index in [-0.39, 0.29) is 33.6 Å². The summed E-state index contributed by atoms with van der Waals surface area (Å²) in [4.78, 5) is 34.7. The third-order valence-corrected chi connectivity index (χ3v) is 5.10. The van der Waals surface area contributed by atoms with Crippen molar-refractivity contribution < 1.29 is 9.18 Å². The predicted molar refractivity (Wildman–Crippen MR) is 118 cm³/mol. The van der Waals surface area contributed by atoms with Crippen LogP contribution in [0.5, 0.6) is 0 Å². The number of nitrogens with zero attached hydrogens (tertiary/aromatic N) is 6. The normalized spacial score (nSPS) is 11.0. The molecule has 0 fully saturated rings. The number of pyridine rings is 1. The van der Waals surface area contributed by atoms with Gasteiger partial charge in [0.1, 0.15) is 11.6 Å². The van der Waals surface area contributed by atoms with Gasteiger partial charge in [0.15, 0.2) is 5.82 Å². The van der Waals surface area contributed by atoms with Crippen molar-refractivity contribution in [1.82, 2.24) is 35.2 Å². The van der Waals surface area contributed by atoms with Crippen molar-refractivity contribution in [3.8, 4) is 22.8 Å². The van der Waals surface area contributed by atoms with Gasteiger partial charge in [0.05, 0.1) is 22.2 Å². The van der Waals surface area contributed by atoms with Crippen LogP contribution in [0, 0.1) is 5.82 Å². The Bertz CT molecular complexity index is 1550. The summed E-state index contributed by atoms with van der Waals surface area (Å²) in [5.74, 6) is -0.656. The summed E-state index contributed by atoms with van der Waals surface area (Å²) in [5, 5.41) is 15.9. The van der Waals surface area contributed by atoms with Crippen LogP contribution in [0.4, 0.5) is 10.1 Å². The number of H-pyrrole nitrogens is 1. The number of anilines is 1. The number of hydrogen-bond acceptors (Lipinski definition) is 7. The number of amides is 1. The second-order valence-electron chi connectivity index (χ2n) is 7.14. The van der Waals surface area contributed by atoms with Crippen LogP contribution in [0.3, 0.4) is 0 Å². The highest BCUT2D eigenvalue weighted by Crippen LogP contribution is 2.24. The molecule has 33 heavy (non-hydrogen) atoms. The minimum atomic E-state index is -0.669. The Kier molecular flexibility index (Phi) is 4.90. The van der Waals surface area contributed by atoms with Crippen LogP contribution >= 0.6 is 0 Å². The summed E-state index contributed by atoms with van der Waals surface area (Å²) in [6, 6.07) is 12.4. The predicted octanol–water partition coefficient (Wildman–Crippen LogP) is 2.57. The molecular weight excluding hydrogens is 427 g/mol. The number of aromatic amines is 1. The summed E-state index contributed by atoms with van der Waals surface area (Å²) < 4.78 is 15.9. The summed E-state index contributed by atoms with van der Waals surface area (Å²) in [6.07, 6.45) is 3.25. The first-order valence-corrected chi connectivity index (χ1v) is 9.78. The quantitative estimate of drug-likeness (QED) is 0.437. The van der Waals surface area contributed by atoms with Crippen molar-refractivity contribution in [3.05, 3.63) is 82.7 Å². The number of carbonyl (C=O) groups excluding carboxylic acids is 1. The summed E-state index contributed by atoms with van der Waals surface area (Å²) in [6.45, 7) is 0. The van der Waals surface area contributed by atoms with Crippen LogP contribution < -0.4 is 10.9 Å². The first-order valence-electron chi connectivity index (χ1n) is 9.78. The lowest BCUT2D eigenvalue weighted by Crippen LogP contribution is -2.22. The second kappa shape index (κ2) is 8.04. The Balaban J connectivity index is 1.52. The fraction of sp³-hybridized carbons (Fsp3) is 0.0455. The average molecular weight is 442 g/mol. The minimum absolute atomic E-state index is 0.0671. The third kappa shape index (κ3) is 3.61. The molecule has 0 aliphatic heterocycles. The van der Waals surface area contributed by atoms with Crippen molar-refractivity contribution in [2.24, 2.45) is 7.05 Å². The molecule has 3 heterocycles. The Hall–Kier alpha value is -4.80. The lowest BCUT2D eigenvalue weighted by Gasteiger charge is -2.12. The molecule has 0 unspecified atom stereocenters. The van der Waals surface area contributed by atoms with Gasteiger partial charge >= 0.3 is 0 Å². The van der Waals surface area contributed by atoms with Gasteiger partial charge < -0.3 is 5.32 Å². The Morgan fingerprint density at radius 3 is 2.76 bits per heavy atom. The monoisotopic (exact) mass is 442 g/mol. The molecule has 2 N–H and O–H groups in total. The number of fused-ring (bicyclic) bond motifs is 1.